The highest BCUT2D eigenvalue weighted by Crippen LogP contribution is 2.16. The van der Waals surface area contributed by atoms with E-state index < -0.39 is 0 Å². The van der Waals surface area contributed by atoms with E-state index in [9.17, 15) is 4.79 Å². The van der Waals surface area contributed by atoms with Crippen LogP contribution in [0.3, 0.4) is 0 Å². The molecule has 2 aromatic rings. The number of nitrogens with zero attached hydrogens (tertiary/aromatic N) is 1. The molecule has 0 aliphatic heterocycles. The largest absolute Gasteiger partial charge is 0.491 e. The number of urea groups is 1. The second-order valence-electron chi connectivity index (χ2n) is 4.37. The first kappa shape index (κ1) is 14.9. The zero-order valence-corrected chi connectivity index (χ0v) is 12.0. The fourth-order valence-corrected chi connectivity index (χ4v) is 1.63. The molecule has 0 radical (unpaired) electrons. The number of aromatic nitrogens is 2. The number of rotatable bonds is 6. The van der Waals surface area contributed by atoms with Gasteiger partial charge in [-0.25, -0.2) is 4.79 Å². The highest BCUT2D eigenvalue weighted by atomic mass is 16.5. The average Bonchev–Trinajstić information content (AvgIpc) is 2.86. The standard InChI is InChI=1S/C14H18N4O3/c1-10-9-15-18-13(10)17-14(19)16-11-3-5-12(6-4-11)21-8-7-20-2/h3-6,9H,7-8H2,1-2H3,(H3,15,16,17,18,19). The third kappa shape index (κ3) is 4.50. The lowest BCUT2D eigenvalue weighted by Crippen LogP contribution is -2.20. The molecule has 0 fully saturated rings. The van der Waals surface area contributed by atoms with Crippen molar-refractivity contribution in [1.29, 1.82) is 0 Å². The molecule has 2 rings (SSSR count). The van der Waals surface area contributed by atoms with Crippen LogP contribution < -0.4 is 15.4 Å². The van der Waals surface area contributed by atoms with Crippen LogP contribution in [0.15, 0.2) is 30.5 Å². The molecule has 1 aromatic carbocycles. The molecule has 0 atom stereocenters. The molecule has 0 aliphatic rings. The molecule has 2 amide bonds. The van der Waals surface area contributed by atoms with E-state index >= 15 is 0 Å². The molecular weight excluding hydrogens is 272 g/mol. The lowest BCUT2D eigenvalue weighted by Gasteiger charge is -2.08. The fourth-order valence-electron chi connectivity index (χ4n) is 1.63. The smallest absolute Gasteiger partial charge is 0.324 e. The third-order valence-corrected chi connectivity index (χ3v) is 2.74. The molecule has 1 aromatic heterocycles. The Morgan fingerprint density at radius 2 is 2.00 bits per heavy atom. The number of hydrogen-bond acceptors (Lipinski definition) is 4. The number of nitrogens with one attached hydrogen (secondary N) is 3. The van der Waals surface area contributed by atoms with Crippen LogP contribution in [-0.2, 0) is 4.74 Å². The van der Waals surface area contributed by atoms with Crippen LogP contribution in [-0.4, -0.2) is 36.6 Å². The summed E-state index contributed by atoms with van der Waals surface area (Å²) in [5.74, 6) is 1.30. The lowest BCUT2D eigenvalue weighted by molar-refractivity contribution is 0.146. The van der Waals surface area contributed by atoms with Crippen LogP contribution in [0.5, 0.6) is 5.75 Å². The number of carbonyl (C=O) groups is 1. The Labute approximate surface area is 122 Å². The molecule has 0 aliphatic carbocycles. The summed E-state index contributed by atoms with van der Waals surface area (Å²) in [6.45, 7) is 2.88. The van der Waals surface area contributed by atoms with Gasteiger partial charge in [-0.15, -0.1) is 0 Å². The lowest BCUT2D eigenvalue weighted by atomic mass is 10.3. The summed E-state index contributed by atoms with van der Waals surface area (Å²) >= 11 is 0. The van der Waals surface area contributed by atoms with Crippen molar-refractivity contribution in [2.24, 2.45) is 0 Å². The van der Waals surface area contributed by atoms with E-state index in [1.165, 1.54) is 0 Å². The summed E-state index contributed by atoms with van der Waals surface area (Å²) in [6, 6.07) is 6.76. The number of anilines is 2. The molecule has 7 nitrogen and oxygen atoms in total. The number of aryl methyl sites for hydroxylation is 1. The number of H-pyrrole nitrogens is 1. The predicted octanol–water partition coefficient (Wildman–Crippen LogP) is 2.39. The van der Waals surface area contributed by atoms with Crippen molar-refractivity contribution in [2.75, 3.05) is 31.0 Å². The van der Waals surface area contributed by atoms with Gasteiger partial charge in [0, 0.05) is 18.4 Å². The van der Waals surface area contributed by atoms with Crippen molar-refractivity contribution in [3.05, 3.63) is 36.0 Å². The topological polar surface area (TPSA) is 88.3 Å². The maximum Gasteiger partial charge on any atom is 0.324 e. The van der Waals surface area contributed by atoms with Gasteiger partial charge in [-0.05, 0) is 31.2 Å². The molecule has 0 saturated carbocycles. The minimum Gasteiger partial charge on any atom is -0.491 e. The summed E-state index contributed by atoms with van der Waals surface area (Å²) in [4.78, 5) is 11.8. The van der Waals surface area contributed by atoms with Crippen LogP contribution in [0, 0.1) is 6.92 Å². The van der Waals surface area contributed by atoms with Gasteiger partial charge >= 0.3 is 6.03 Å². The van der Waals surface area contributed by atoms with Gasteiger partial charge in [-0.1, -0.05) is 0 Å². The first-order chi connectivity index (χ1) is 10.2. The highest BCUT2D eigenvalue weighted by molar-refractivity contribution is 5.99. The van der Waals surface area contributed by atoms with Crippen LogP contribution in [0.1, 0.15) is 5.56 Å². The number of hydrogen-bond donors (Lipinski definition) is 3. The molecular formula is C14H18N4O3. The van der Waals surface area contributed by atoms with Gasteiger partial charge in [-0.2, -0.15) is 5.10 Å². The average molecular weight is 290 g/mol. The summed E-state index contributed by atoms with van der Waals surface area (Å²) in [6.07, 6.45) is 1.64. The normalized spacial score (nSPS) is 10.2. The van der Waals surface area contributed by atoms with Crippen LogP contribution in [0.4, 0.5) is 16.3 Å². The minimum atomic E-state index is -0.338. The van der Waals surface area contributed by atoms with Crippen molar-refractivity contribution >= 4 is 17.5 Å². The van der Waals surface area contributed by atoms with Crippen LogP contribution in [0.25, 0.3) is 0 Å². The van der Waals surface area contributed by atoms with Crippen molar-refractivity contribution in [1.82, 2.24) is 10.2 Å². The second-order valence-corrected chi connectivity index (χ2v) is 4.37. The van der Waals surface area contributed by atoms with Gasteiger partial charge in [0.15, 0.2) is 0 Å². The Bertz CT molecular complexity index is 580. The van der Waals surface area contributed by atoms with E-state index in [0.29, 0.717) is 24.7 Å². The molecule has 0 bridgehead atoms. The first-order valence-electron chi connectivity index (χ1n) is 6.49. The van der Waals surface area contributed by atoms with Gasteiger partial charge in [0.2, 0.25) is 0 Å². The van der Waals surface area contributed by atoms with Gasteiger partial charge < -0.3 is 14.8 Å². The SMILES string of the molecule is COCCOc1ccc(NC(=O)Nc2[nH]ncc2C)cc1. The van der Waals surface area contributed by atoms with Gasteiger partial charge in [0.05, 0.1) is 12.8 Å². The maximum atomic E-state index is 11.8. The quantitative estimate of drug-likeness (QED) is 0.713. The molecule has 21 heavy (non-hydrogen) atoms. The number of aromatic amines is 1. The van der Waals surface area contributed by atoms with E-state index in [2.05, 4.69) is 20.8 Å². The highest BCUT2D eigenvalue weighted by Gasteiger charge is 2.06. The monoisotopic (exact) mass is 290 g/mol. The van der Waals surface area contributed by atoms with Crippen molar-refractivity contribution < 1.29 is 14.3 Å². The molecule has 1 heterocycles. The minimum absolute atomic E-state index is 0.338. The van der Waals surface area contributed by atoms with Gasteiger partial charge in [0.1, 0.15) is 18.2 Å². The van der Waals surface area contributed by atoms with Gasteiger partial charge in [0.25, 0.3) is 0 Å². The summed E-state index contributed by atoms with van der Waals surface area (Å²) in [5.41, 5.74) is 1.54. The Balaban J connectivity index is 1.85. The zero-order valence-electron chi connectivity index (χ0n) is 12.0. The summed E-state index contributed by atoms with van der Waals surface area (Å²) < 4.78 is 10.3. The molecule has 0 spiro atoms. The molecule has 112 valence electrons. The van der Waals surface area contributed by atoms with E-state index in [-0.39, 0.29) is 6.03 Å². The predicted molar refractivity (Wildman–Crippen MR) is 79.8 cm³/mol. The number of carbonyl (C=O) groups excluding carboxylic acids is 1. The molecule has 3 N–H and O–H groups in total. The van der Waals surface area contributed by atoms with Gasteiger partial charge in [-0.3, -0.25) is 10.4 Å². The van der Waals surface area contributed by atoms with Crippen molar-refractivity contribution in [3.63, 3.8) is 0 Å². The number of methoxy groups -OCH3 is 1. The van der Waals surface area contributed by atoms with Crippen molar-refractivity contribution in [2.45, 2.75) is 6.92 Å². The molecule has 0 saturated heterocycles. The van der Waals surface area contributed by atoms with E-state index in [0.717, 1.165) is 11.3 Å². The number of amides is 2. The number of benzene rings is 1. The Morgan fingerprint density at radius 3 is 2.62 bits per heavy atom. The van der Waals surface area contributed by atoms with Crippen molar-refractivity contribution in [3.8, 4) is 5.75 Å². The Morgan fingerprint density at radius 1 is 1.24 bits per heavy atom. The second kappa shape index (κ2) is 7.30. The Kier molecular flexibility index (Phi) is 5.16. The van der Waals surface area contributed by atoms with Crippen LogP contribution >= 0.6 is 0 Å². The molecule has 0 unspecified atom stereocenters. The summed E-state index contributed by atoms with van der Waals surface area (Å²) in [7, 11) is 1.62. The Hall–Kier alpha value is -2.54. The zero-order chi connectivity index (χ0) is 15.1. The van der Waals surface area contributed by atoms with E-state index in [4.69, 9.17) is 9.47 Å². The fraction of sp³-hybridized carbons (Fsp3) is 0.286. The van der Waals surface area contributed by atoms with E-state index in [1.54, 1.807) is 37.6 Å². The first-order valence-corrected chi connectivity index (χ1v) is 6.49. The maximum absolute atomic E-state index is 11.8. The van der Waals surface area contributed by atoms with E-state index in [1.807, 2.05) is 6.92 Å². The van der Waals surface area contributed by atoms with Crippen LogP contribution in [0.2, 0.25) is 0 Å². The summed E-state index contributed by atoms with van der Waals surface area (Å²) in [5, 5.41) is 11.9. The third-order valence-electron chi connectivity index (χ3n) is 2.74. The number of ether oxygens (including phenoxy) is 2. The molecule has 7 heteroatoms.